The third kappa shape index (κ3) is 3.44. The van der Waals surface area contributed by atoms with Crippen LogP contribution in [-0.2, 0) is 16.1 Å². The third-order valence-corrected chi connectivity index (χ3v) is 3.95. The zero-order valence-electron chi connectivity index (χ0n) is 11.2. The molecule has 1 aromatic rings. The molecule has 1 aliphatic rings. The van der Waals surface area contributed by atoms with E-state index in [0.717, 1.165) is 12.0 Å². The number of halogens is 2. The maximum absolute atomic E-state index is 12.3. The summed E-state index contributed by atoms with van der Waals surface area (Å²) in [7, 11) is 0. The van der Waals surface area contributed by atoms with Crippen LogP contribution in [0.4, 0.5) is 0 Å². The molecule has 4 nitrogen and oxygen atoms in total. The maximum Gasteiger partial charge on any atom is 0.245 e. The molecule has 0 aromatic heterocycles. The Morgan fingerprint density at radius 3 is 2.70 bits per heavy atom. The first-order valence-corrected chi connectivity index (χ1v) is 7.29. The van der Waals surface area contributed by atoms with Gasteiger partial charge in [0.2, 0.25) is 11.8 Å². The van der Waals surface area contributed by atoms with E-state index in [9.17, 15) is 9.59 Å². The Hall–Kier alpha value is -1.26. The van der Waals surface area contributed by atoms with Crippen molar-refractivity contribution < 1.29 is 9.59 Å². The Kier molecular flexibility index (Phi) is 4.89. The van der Waals surface area contributed by atoms with E-state index in [0.29, 0.717) is 23.0 Å². The Labute approximate surface area is 128 Å². The summed E-state index contributed by atoms with van der Waals surface area (Å²) in [5.74, 6) is -0.166. The second-order valence-corrected chi connectivity index (χ2v) is 5.67. The quantitative estimate of drug-likeness (QED) is 0.928. The molecule has 0 saturated carbocycles. The van der Waals surface area contributed by atoms with Gasteiger partial charge >= 0.3 is 0 Å². The minimum Gasteiger partial charge on any atom is -0.343 e. The second kappa shape index (κ2) is 6.46. The molecule has 108 valence electrons. The highest BCUT2D eigenvalue weighted by Crippen LogP contribution is 2.23. The van der Waals surface area contributed by atoms with Gasteiger partial charge in [-0.05, 0) is 24.1 Å². The lowest BCUT2D eigenvalue weighted by atomic mass is 10.1. The molecule has 0 aliphatic carbocycles. The van der Waals surface area contributed by atoms with Crippen LogP contribution in [0.1, 0.15) is 25.3 Å². The molecule has 1 atom stereocenters. The summed E-state index contributed by atoms with van der Waals surface area (Å²) < 4.78 is 0. The summed E-state index contributed by atoms with van der Waals surface area (Å²) in [6, 6.07) is 4.81. The summed E-state index contributed by atoms with van der Waals surface area (Å²) in [5.41, 5.74) is 0.859. The standard InChI is InChI=1S/C14H16Cl2N2O2/c1-2-3-12-14(20)18(8-13(19)17-12)7-9-4-5-10(15)11(16)6-9/h4-6,12H,2-3,7-8H2,1H3,(H,17,19). The summed E-state index contributed by atoms with van der Waals surface area (Å²) >= 11 is 11.8. The summed E-state index contributed by atoms with van der Waals surface area (Å²) in [4.78, 5) is 25.5. The van der Waals surface area contributed by atoms with Crippen molar-refractivity contribution in [3.63, 3.8) is 0 Å². The van der Waals surface area contributed by atoms with Crippen LogP contribution in [0.25, 0.3) is 0 Å². The molecule has 1 aromatic carbocycles. The van der Waals surface area contributed by atoms with Gasteiger partial charge in [0.15, 0.2) is 0 Å². The van der Waals surface area contributed by atoms with E-state index in [1.807, 2.05) is 13.0 Å². The number of benzene rings is 1. The lowest BCUT2D eigenvalue weighted by Crippen LogP contribution is -2.57. The summed E-state index contributed by atoms with van der Waals surface area (Å²) in [5, 5.41) is 3.65. The number of carbonyl (C=O) groups is 2. The molecule has 1 heterocycles. The van der Waals surface area contributed by atoms with Gasteiger partial charge in [-0.25, -0.2) is 0 Å². The second-order valence-electron chi connectivity index (χ2n) is 4.85. The van der Waals surface area contributed by atoms with Gasteiger partial charge in [0.1, 0.15) is 6.04 Å². The number of hydrogen-bond acceptors (Lipinski definition) is 2. The maximum atomic E-state index is 12.3. The third-order valence-electron chi connectivity index (χ3n) is 3.21. The monoisotopic (exact) mass is 314 g/mol. The number of rotatable bonds is 4. The highest BCUT2D eigenvalue weighted by atomic mass is 35.5. The lowest BCUT2D eigenvalue weighted by molar-refractivity contribution is -0.145. The molecule has 1 N–H and O–H groups in total. The van der Waals surface area contributed by atoms with Crippen molar-refractivity contribution in [2.24, 2.45) is 0 Å². The van der Waals surface area contributed by atoms with Crippen LogP contribution >= 0.6 is 23.2 Å². The van der Waals surface area contributed by atoms with Gasteiger partial charge in [-0.3, -0.25) is 9.59 Å². The van der Waals surface area contributed by atoms with Crippen LogP contribution in [0.3, 0.4) is 0 Å². The van der Waals surface area contributed by atoms with Crippen LogP contribution in [-0.4, -0.2) is 29.3 Å². The lowest BCUT2D eigenvalue weighted by Gasteiger charge is -2.32. The smallest absolute Gasteiger partial charge is 0.245 e. The average molecular weight is 315 g/mol. The van der Waals surface area contributed by atoms with Crippen LogP contribution in [0, 0.1) is 0 Å². The van der Waals surface area contributed by atoms with E-state index in [2.05, 4.69) is 5.32 Å². The normalized spacial score (nSPS) is 19.1. The summed E-state index contributed by atoms with van der Waals surface area (Å²) in [6.07, 6.45) is 1.50. The number of nitrogens with one attached hydrogen (secondary N) is 1. The molecule has 0 bridgehead atoms. The van der Waals surface area contributed by atoms with Crippen LogP contribution in [0.15, 0.2) is 18.2 Å². The molecule has 1 aliphatic heterocycles. The van der Waals surface area contributed by atoms with Crippen molar-refractivity contribution in [3.05, 3.63) is 33.8 Å². The predicted molar refractivity (Wildman–Crippen MR) is 78.7 cm³/mol. The molecule has 1 unspecified atom stereocenters. The summed E-state index contributed by atoms with van der Waals surface area (Å²) in [6.45, 7) is 2.43. The van der Waals surface area contributed by atoms with Gasteiger partial charge < -0.3 is 10.2 Å². The largest absolute Gasteiger partial charge is 0.343 e. The van der Waals surface area contributed by atoms with Crippen molar-refractivity contribution in [2.75, 3.05) is 6.54 Å². The average Bonchev–Trinajstić information content (AvgIpc) is 2.39. The van der Waals surface area contributed by atoms with E-state index < -0.39 is 6.04 Å². The fourth-order valence-electron chi connectivity index (χ4n) is 2.25. The highest BCUT2D eigenvalue weighted by Gasteiger charge is 2.31. The Bertz CT molecular complexity index is 534. The number of nitrogens with zero attached hydrogens (tertiary/aromatic N) is 1. The van der Waals surface area contributed by atoms with E-state index in [4.69, 9.17) is 23.2 Å². The molecule has 20 heavy (non-hydrogen) atoms. The van der Waals surface area contributed by atoms with Crippen molar-refractivity contribution in [3.8, 4) is 0 Å². The first kappa shape index (κ1) is 15.1. The molecule has 2 amide bonds. The topological polar surface area (TPSA) is 49.4 Å². The zero-order valence-corrected chi connectivity index (χ0v) is 12.7. The van der Waals surface area contributed by atoms with Gasteiger partial charge in [0.25, 0.3) is 0 Å². The molecular weight excluding hydrogens is 299 g/mol. The zero-order chi connectivity index (χ0) is 14.7. The minimum absolute atomic E-state index is 0.0440. The first-order valence-electron chi connectivity index (χ1n) is 6.53. The molecule has 2 rings (SSSR count). The Morgan fingerprint density at radius 2 is 2.05 bits per heavy atom. The van der Waals surface area contributed by atoms with E-state index >= 15 is 0 Å². The molecular formula is C14H16Cl2N2O2. The van der Waals surface area contributed by atoms with E-state index in [1.54, 1.807) is 17.0 Å². The Morgan fingerprint density at radius 1 is 1.30 bits per heavy atom. The Balaban J connectivity index is 2.12. The van der Waals surface area contributed by atoms with Crippen LogP contribution < -0.4 is 5.32 Å². The van der Waals surface area contributed by atoms with Gasteiger partial charge in [0.05, 0.1) is 16.6 Å². The van der Waals surface area contributed by atoms with Gasteiger partial charge in [-0.1, -0.05) is 42.6 Å². The first-order chi connectivity index (χ1) is 9.51. The number of piperazine rings is 1. The predicted octanol–water partition coefficient (Wildman–Crippen LogP) is 2.62. The number of hydrogen-bond donors (Lipinski definition) is 1. The van der Waals surface area contributed by atoms with E-state index in [1.165, 1.54) is 0 Å². The highest BCUT2D eigenvalue weighted by molar-refractivity contribution is 6.42. The van der Waals surface area contributed by atoms with Crippen molar-refractivity contribution in [1.29, 1.82) is 0 Å². The van der Waals surface area contributed by atoms with E-state index in [-0.39, 0.29) is 18.4 Å². The SMILES string of the molecule is CCCC1NC(=O)CN(Cc2ccc(Cl)c(Cl)c2)C1=O. The van der Waals surface area contributed by atoms with Crippen molar-refractivity contribution in [1.82, 2.24) is 10.2 Å². The molecule has 1 fully saturated rings. The van der Waals surface area contributed by atoms with Crippen LogP contribution in [0.2, 0.25) is 10.0 Å². The fraction of sp³-hybridized carbons (Fsp3) is 0.429. The fourth-order valence-corrected chi connectivity index (χ4v) is 2.57. The molecule has 1 saturated heterocycles. The molecule has 6 heteroatoms. The van der Waals surface area contributed by atoms with Gasteiger partial charge in [0, 0.05) is 6.54 Å². The number of carbonyl (C=O) groups excluding carboxylic acids is 2. The minimum atomic E-state index is -0.413. The molecule has 0 spiro atoms. The number of amides is 2. The molecule has 0 radical (unpaired) electrons. The van der Waals surface area contributed by atoms with Crippen molar-refractivity contribution in [2.45, 2.75) is 32.4 Å². The van der Waals surface area contributed by atoms with Crippen LogP contribution in [0.5, 0.6) is 0 Å². The van der Waals surface area contributed by atoms with Gasteiger partial charge in [-0.15, -0.1) is 0 Å². The van der Waals surface area contributed by atoms with Gasteiger partial charge in [-0.2, -0.15) is 0 Å². The van der Waals surface area contributed by atoms with Crippen molar-refractivity contribution >= 4 is 35.0 Å².